The number of ether oxygens (including phenoxy) is 1. The highest BCUT2D eigenvalue weighted by atomic mass is 19.4. The summed E-state index contributed by atoms with van der Waals surface area (Å²) in [6, 6.07) is 11.3. The SMILES string of the molecule is COc1ccc(C2=NN(C(=O)Cn3cc(C(F)(F)F)ccc3=O)[C@H](c3ccco3)C2)cc1. The Morgan fingerprint density at radius 2 is 1.94 bits per heavy atom. The molecule has 0 N–H and O–H groups in total. The number of halogens is 3. The van der Waals surface area contributed by atoms with Crippen LogP contribution in [0.4, 0.5) is 13.2 Å². The van der Waals surface area contributed by atoms with Crippen molar-refractivity contribution in [2.45, 2.75) is 25.2 Å². The van der Waals surface area contributed by atoms with Crippen LogP contribution in [0.3, 0.4) is 0 Å². The van der Waals surface area contributed by atoms with E-state index in [1.807, 2.05) is 0 Å². The van der Waals surface area contributed by atoms with Crippen molar-refractivity contribution in [3.05, 3.63) is 88.2 Å². The number of amides is 1. The molecule has 0 saturated heterocycles. The number of hydrogen-bond acceptors (Lipinski definition) is 5. The first-order valence-electron chi connectivity index (χ1n) is 9.61. The summed E-state index contributed by atoms with van der Waals surface area (Å²) in [5.74, 6) is 0.491. The van der Waals surface area contributed by atoms with E-state index in [1.165, 1.54) is 6.26 Å². The molecule has 4 rings (SSSR count). The van der Waals surface area contributed by atoms with Gasteiger partial charge in [-0.3, -0.25) is 9.59 Å². The van der Waals surface area contributed by atoms with Crippen molar-refractivity contribution in [1.82, 2.24) is 9.58 Å². The molecule has 0 bridgehead atoms. The van der Waals surface area contributed by atoms with Gasteiger partial charge in [0.25, 0.3) is 11.5 Å². The molecule has 0 spiro atoms. The summed E-state index contributed by atoms with van der Waals surface area (Å²) in [4.78, 5) is 25.1. The predicted molar refractivity (Wildman–Crippen MR) is 108 cm³/mol. The van der Waals surface area contributed by atoms with Crippen molar-refractivity contribution < 1.29 is 27.1 Å². The van der Waals surface area contributed by atoms with Gasteiger partial charge in [-0.25, -0.2) is 5.01 Å². The second-order valence-electron chi connectivity index (χ2n) is 7.13. The normalized spacial score (nSPS) is 16.2. The van der Waals surface area contributed by atoms with Gasteiger partial charge in [0.15, 0.2) is 0 Å². The summed E-state index contributed by atoms with van der Waals surface area (Å²) in [6.07, 6.45) is -2.21. The van der Waals surface area contributed by atoms with Crippen LogP contribution < -0.4 is 10.3 Å². The Labute approximate surface area is 180 Å². The molecule has 0 fully saturated rings. The molecule has 1 aliphatic heterocycles. The highest BCUT2D eigenvalue weighted by molar-refractivity contribution is 6.03. The molecule has 7 nitrogen and oxygen atoms in total. The predicted octanol–water partition coefficient (Wildman–Crippen LogP) is 3.85. The molecule has 1 atom stereocenters. The van der Waals surface area contributed by atoms with E-state index in [-0.39, 0.29) is 0 Å². The van der Waals surface area contributed by atoms with Crippen LogP contribution in [0.25, 0.3) is 0 Å². The number of hydrogen-bond donors (Lipinski definition) is 0. The van der Waals surface area contributed by atoms with E-state index >= 15 is 0 Å². The first-order chi connectivity index (χ1) is 15.3. The Morgan fingerprint density at radius 3 is 2.56 bits per heavy atom. The number of furan rings is 1. The lowest BCUT2D eigenvalue weighted by Gasteiger charge is -2.20. The summed E-state index contributed by atoms with van der Waals surface area (Å²) in [5, 5.41) is 5.57. The largest absolute Gasteiger partial charge is 0.497 e. The molecule has 10 heteroatoms. The number of methoxy groups -OCH3 is 1. The lowest BCUT2D eigenvalue weighted by Crippen LogP contribution is -2.34. The van der Waals surface area contributed by atoms with Crippen LogP contribution >= 0.6 is 0 Å². The van der Waals surface area contributed by atoms with E-state index in [4.69, 9.17) is 9.15 Å². The zero-order valence-corrected chi connectivity index (χ0v) is 16.9. The van der Waals surface area contributed by atoms with Crippen molar-refractivity contribution in [3.63, 3.8) is 0 Å². The molecular formula is C22H18F3N3O4. The molecular weight excluding hydrogens is 427 g/mol. The Hall–Kier alpha value is -3.82. The molecule has 1 amide bonds. The third-order valence-corrected chi connectivity index (χ3v) is 5.08. The van der Waals surface area contributed by atoms with Gasteiger partial charge in [-0.1, -0.05) is 0 Å². The lowest BCUT2D eigenvalue weighted by molar-refractivity contribution is -0.139. The van der Waals surface area contributed by atoms with Crippen molar-refractivity contribution in [1.29, 1.82) is 0 Å². The second-order valence-corrected chi connectivity index (χ2v) is 7.13. The lowest BCUT2D eigenvalue weighted by atomic mass is 10.0. The fourth-order valence-electron chi connectivity index (χ4n) is 3.44. The van der Waals surface area contributed by atoms with E-state index in [2.05, 4.69) is 5.10 Å². The number of hydrazone groups is 1. The van der Waals surface area contributed by atoms with Crippen molar-refractivity contribution in [2.24, 2.45) is 5.10 Å². The third-order valence-electron chi connectivity index (χ3n) is 5.08. The first-order valence-corrected chi connectivity index (χ1v) is 9.61. The van der Waals surface area contributed by atoms with Crippen LogP contribution in [0.5, 0.6) is 5.75 Å². The quantitative estimate of drug-likeness (QED) is 0.598. The number of aromatic nitrogens is 1. The summed E-state index contributed by atoms with van der Waals surface area (Å²) in [7, 11) is 1.55. The summed E-state index contributed by atoms with van der Waals surface area (Å²) < 4.78 is 50.4. The van der Waals surface area contributed by atoms with Crippen LogP contribution in [0.1, 0.15) is 29.3 Å². The monoisotopic (exact) mass is 445 g/mol. The van der Waals surface area contributed by atoms with Gasteiger partial charge in [-0.15, -0.1) is 0 Å². The Bertz CT molecular complexity index is 1200. The van der Waals surface area contributed by atoms with Gasteiger partial charge in [0.2, 0.25) is 0 Å². The fraction of sp³-hybridized carbons (Fsp3) is 0.227. The third kappa shape index (κ3) is 4.29. The van der Waals surface area contributed by atoms with Gasteiger partial charge in [0.05, 0.1) is 24.6 Å². The zero-order valence-electron chi connectivity index (χ0n) is 16.9. The van der Waals surface area contributed by atoms with Gasteiger partial charge < -0.3 is 13.7 Å². The summed E-state index contributed by atoms with van der Waals surface area (Å²) in [5.41, 5.74) is -0.386. The van der Waals surface area contributed by atoms with Crippen LogP contribution in [-0.2, 0) is 17.5 Å². The first kappa shape index (κ1) is 21.4. The minimum Gasteiger partial charge on any atom is -0.497 e. The van der Waals surface area contributed by atoms with Crippen molar-refractivity contribution in [3.8, 4) is 5.75 Å². The number of alkyl halides is 3. The molecule has 1 aromatic carbocycles. The molecule has 3 aromatic rings. The number of nitrogens with zero attached hydrogens (tertiary/aromatic N) is 3. The highest BCUT2D eigenvalue weighted by Gasteiger charge is 2.36. The van der Waals surface area contributed by atoms with Gasteiger partial charge >= 0.3 is 6.18 Å². The highest BCUT2D eigenvalue weighted by Crippen LogP contribution is 2.34. The van der Waals surface area contributed by atoms with Crippen LogP contribution in [0.15, 0.2) is 75.3 Å². The number of carbonyl (C=O) groups excluding carboxylic acids is 1. The van der Waals surface area contributed by atoms with Crippen LogP contribution in [0.2, 0.25) is 0 Å². The zero-order chi connectivity index (χ0) is 22.9. The standard InChI is InChI=1S/C22H18F3N3O4/c1-31-16-7-4-14(5-8-16)17-11-18(19-3-2-10-32-19)28(26-17)21(30)13-27-12-15(22(23,24)25)6-9-20(27)29/h2-10,12,18H,11,13H2,1H3/t18-/m0/s1. The number of rotatable bonds is 5. The Balaban J connectivity index is 1.64. The average Bonchev–Trinajstić information content (AvgIpc) is 3.44. The maximum Gasteiger partial charge on any atom is 0.417 e. The average molecular weight is 445 g/mol. The van der Waals surface area contributed by atoms with E-state index in [0.29, 0.717) is 35.9 Å². The van der Waals surface area contributed by atoms with Crippen LogP contribution in [0, 0.1) is 0 Å². The number of pyridine rings is 1. The molecule has 3 heterocycles. The Morgan fingerprint density at radius 1 is 1.19 bits per heavy atom. The maximum atomic E-state index is 13.0. The van der Waals surface area contributed by atoms with Gasteiger partial charge in [-0.2, -0.15) is 18.3 Å². The van der Waals surface area contributed by atoms with Crippen LogP contribution in [-0.4, -0.2) is 28.3 Å². The molecule has 0 radical (unpaired) electrons. The van der Waals surface area contributed by atoms with E-state index in [9.17, 15) is 22.8 Å². The van der Waals surface area contributed by atoms with Crippen molar-refractivity contribution in [2.75, 3.05) is 7.11 Å². The minimum absolute atomic E-state index is 0.336. The topological polar surface area (TPSA) is 77.0 Å². The fourth-order valence-corrected chi connectivity index (χ4v) is 3.44. The molecule has 32 heavy (non-hydrogen) atoms. The minimum atomic E-state index is -4.64. The smallest absolute Gasteiger partial charge is 0.417 e. The maximum absolute atomic E-state index is 13.0. The van der Waals surface area contributed by atoms with E-state index in [0.717, 1.165) is 21.2 Å². The van der Waals surface area contributed by atoms with Gasteiger partial charge in [0.1, 0.15) is 24.1 Å². The number of carbonyl (C=O) groups is 1. The van der Waals surface area contributed by atoms with Gasteiger partial charge in [-0.05, 0) is 48.0 Å². The molecule has 0 aliphatic carbocycles. The van der Waals surface area contributed by atoms with Gasteiger partial charge in [0, 0.05) is 18.7 Å². The molecule has 0 unspecified atom stereocenters. The number of benzene rings is 1. The molecule has 0 saturated carbocycles. The molecule has 166 valence electrons. The van der Waals surface area contributed by atoms with E-state index < -0.39 is 35.8 Å². The molecule has 2 aromatic heterocycles. The molecule has 1 aliphatic rings. The summed E-state index contributed by atoms with van der Waals surface area (Å²) >= 11 is 0. The van der Waals surface area contributed by atoms with E-state index in [1.54, 1.807) is 43.5 Å². The van der Waals surface area contributed by atoms with Crippen molar-refractivity contribution >= 4 is 11.6 Å². The Kier molecular flexibility index (Phi) is 5.60. The second kappa shape index (κ2) is 8.37. The summed E-state index contributed by atoms with van der Waals surface area (Å²) in [6.45, 7) is -0.598.